The average molecular weight is 948 g/mol. The SMILES string of the molecule is CC(=O)Oc1ccc2c(c1)Oc1cc(OC(C)=O)ccc1N2C(=O)OCc1ccc(SCC2=C(COC(c3ccccc3)c3ccccc3)N3C(=O)[C@@H](NC(=O)Cc4ccccc4)[C@H]3SC2)cc1. The molecule has 0 saturated carbocycles. The first-order valence-electron chi connectivity index (χ1n) is 21.8. The van der Waals surface area contributed by atoms with Gasteiger partial charge in [-0.05, 0) is 64.2 Å². The number of carbonyl (C=O) groups excluding carboxylic acids is 5. The van der Waals surface area contributed by atoms with Crippen LogP contribution in [0.25, 0.3) is 0 Å². The van der Waals surface area contributed by atoms with Crippen LogP contribution in [-0.2, 0) is 41.7 Å². The maximum atomic E-state index is 14.0. The van der Waals surface area contributed by atoms with E-state index in [9.17, 15) is 24.0 Å². The first-order chi connectivity index (χ1) is 33.1. The van der Waals surface area contributed by atoms with E-state index in [2.05, 4.69) is 5.32 Å². The molecule has 0 aromatic heterocycles. The number of β-lactam (4-membered cyclic amide) rings is 1. The van der Waals surface area contributed by atoms with Crippen molar-refractivity contribution in [1.82, 2.24) is 10.2 Å². The van der Waals surface area contributed by atoms with Gasteiger partial charge >= 0.3 is 18.0 Å². The van der Waals surface area contributed by atoms with Gasteiger partial charge < -0.3 is 29.0 Å². The van der Waals surface area contributed by atoms with Crippen molar-refractivity contribution in [3.63, 3.8) is 0 Å². The molecule has 3 aliphatic rings. The summed E-state index contributed by atoms with van der Waals surface area (Å²) in [5.41, 5.74) is 6.18. The van der Waals surface area contributed by atoms with Crippen LogP contribution in [-0.4, -0.2) is 64.3 Å². The molecule has 15 heteroatoms. The molecule has 0 spiro atoms. The van der Waals surface area contributed by atoms with E-state index in [0.717, 1.165) is 38.4 Å². The second kappa shape index (κ2) is 20.7. The van der Waals surface area contributed by atoms with Gasteiger partial charge in [-0.15, -0.1) is 23.5 Å². The molecule has 6 aromatic rings. The first-order valence-corrected chi connectivity index (χ1v) is 23.8. The van der Waals surface area contributed by atoms with Crippen molar-refractivity contribution in [1.29, 1.82) is 0 Å². The number of rotatable bonds is 15. The fraction of sp³-hybridized carbons (Fsp3) is 0.189. The Balaban J connectivity index is 0.897. The normalized spacial score (nSPS) is 15.8. The highest BCUT2D eigenvalue weighted by Gasteiger charge is 2.52. The summed E-state index contributed by atoms with van der Waals surface area (Å²) in [6.45, 7) is 2.70. The molecular weight excluding hydrogens is 903 g/mol. The minimum Gasteiger partial charge on any atom is -0.453 e. The smallest absolute Gasteiger partial charge is 0.419 e. The number of benzene rings is 6. The highest BCUT2D eigenvalue weighted by atomic mass is 32.2. The first kappa shape index (κ1) is 45.8. The van der Waals surface area contributed by atoms with Gasteiger partial charge in [0.05, 0.1) is 24.4 Å². The number of thioether (sulfide) groups is 2. The Morgan fingerprint density at radius 1 is 0.721 bits per heavy atom. The Labute approximate surface area is 401 Å². The molecule has 13 nitrogen and oxygen atoms in total. The van der Waals surface area contributed by atoms with E-state index in [1.54, 1.807) is 52.7 Å². The molecule has 344 valence electrons. The van der Waals surface area contributed by atoms with Crippen molar-refractivity contribution < 1.29 is 47.7 Å². The van der Waals surface area contributed by atoms with Crippen molar-refractivity contribution in [2.45, 2.75) is 49.3 Å². The molecule has 0 aliphatic carbocycles. The lowest BCUT2D eigenvalue weighted by Gasteiger charge is -2.51. The van der Waals surface area contributed by atoms with Crippen LogP contribution in [0.1, 0.15) is 42.2 Å². The van der Waals surface area contributed by atoms with Crippen LogP contribution >= 0.6 is 23.5 Å². The van der Waals surface area contributed by atoms with Gasteiger partial charge in [-0.3, -0.25) is 24.1 Å². The van der Waals surface area contributed by atoms with Crippen molar-refractivity contribution in [2.75, 3.05) is 23.0 Å². The van der Waals surface area contributed by atoms with Crippen LogP contribution in [0.4, 0.5) is 16.2 Å². The number of esters is 2. The third kappa shape index (κ3) is 10.4. The van der Waals surface area contributed by atoms with Gasteiger partial charge in [0, 0.05) is 48.1 Å². The molecule has 1 N–H and O–H groups in total. The second-order valence-electron chi connectivity index (χ2n) is 16.1. The summed E-state index contributed by atoms with van der Waals surface area (Å²) in [5, 5.41) is 2.74. The van der Waals surface area contributed by atoms with Crippen LogP contribution in [0.3, 0.4) is 0 Å². The lowest BCUT2D eigenvalue weighted by Crippen LogP contribution is -2.70. The zero-order valence-electron chi connectivity index (χ0n) is 37.0. The van der Waals surface area contributed by atoms with Gasteiger partial charge in [0.2, 0.25) is 5.91 Å². The fourth-order valence-electron chi connectivity index (χ4n) is 8.09. The predicted octanol–water partition coefficient (Wildman–Crippen LogP) is 9.91. The van der Waals surface area contributed by atoms with Gasteiger partial charge in [-0.2, -0.15) is 0 Å². The Kier molecular flexibility index (Phi) is 13.9. The predicted molar refractivity (Wildman–Crippen MR) is 258 cm³/mol. The minimum atomic E-state index is -0.690. The Bertz CT molecular complexity index is 2780. The third-order valence-electron chi connectivity index (χ3n) is 11.3. The maximum absolute atomic E-state index is 14.0. The van der Waals surface area contributed by atoms with Crippen molar-refractivity contribution >= 4 is 64.7 Å². The van der Waals surface area contributed by atoms with Crippen LogP contribution in [0.15, 0.2) is 168 Å². The van der Waals surface area contributed by atoms with Gasteiger partial charge in [-0.25, -0.2) is 9.69 Å². The molecule has 3 amide bonds. The van der Waals surface area contributed by atoms with Gasteiger partial charge in [-0.1, -0.05) is 103 Å². The van der Waals surface area contributed by atoms with E-state index in [1.165, 1.54) is 30.9 Å². The Morgan fingerprint density at radius 2 is 1.29 bits per heavy atom. The van der Waals surface area contributed by atoms with E-state index < -0.39 is 24.1 Å². The standard InChI is InChI=1S/C53H45N3O10S2/c1-33(57)64-40-20-24-43-46(27-40)66-47-28-41(65-34(2)58)21-25-44(47)55(43)53(61)63-29-36-18-22-42(23-19-36)67-31-39-32-68-52-49(54-48(59)26-35-12-6-3-7-13-35)51(60)56(52)45(39)30-62-50(37-14-8-4-9-15-37)38-16-10-5-11-17-38/h3-25,27-28,49-50,52H,26,29-32H2,1-2H3,(H,54,59)/t49-,52-/m1/s1. The lowest BCUT2D eigenvalue weighted by atomic mass is 10.0. The molecule has 3 heterocycles. The minimum absolute atomic E-state index is 0.0440. The second-order valence-corrected chi connectivity index (χ2v) is 18.2. The van der Waals surface area contributed by atoms with Crippen LogP contribution in [0.5, 0.6) is 23.0 Å². The lowest BCUT2D eigenvalue weighted by molar-refractivity contribution is -0.146. The van der Waals surface area contributed by atoms with Crippen molar-refractivity contribution in [3.05, 3.63) is 185 Å². The topological polar surface area (TPSA) is 150 Å². The monoisotopic (exact) mass is 947 g/mol. The number of hydrogen-bond acceptors (Lipinski definition) is 12. The Hall–Kier alpha value is -7.33. The summed E-state index contributed by atoms with van der Waals surface area (Å²) < 4.78 is 29.2. The highest BCUT2D eigenvalue weighted by Crippen LogP contribution is 2.49. The molecule has 2 atom stereocenters. The third-order valence-corrected chi connectivity index (χ3v) is 13.7. The molecule has 0 radical (unpaired) electrons. The quantitative estimate of drug-likeness (QED) is 0.0452. The van der Waals surface area contributed by atoms with E-state index >= 15 is 0 Å². The molecule has 1 saturated heterocycles. The summed E-state index contributed by atoms with van der Waals surface area (Å²) >= 11 is 3.25. The number of anilines is 2. The molecular formula is C53H45N3O10S2. The van der Waals surface area contributed by atoms with Gasteiger partial charge in [0.15, 0.2) is 11.5 Å². The fourth-order valence-corrected chi connectivity index (χ4v) is 10.6. The molecule has 6 aromatic carbocycles. The summed E-state index contributed by atoms with van der Waals surface area (Å²) in [6, 6.07) is 45.8. The number of hydrogen-bond donors (Lipinski definition) is 1. The summed E-state index contributed by atoms with van der Waals surface area (Å²) in [5.74, 6) is 0.705. The largest absolute Gasteiger partial charge is 0.453 e. The van der Waals surface area contributed by atoms with E-state index in [-0.39, 0.29) is 65.9 Å². The van der Waals surface area contributed by atoms with Gasteiger partial charge in [0.25, 0.3) is 5.91 Å². The molecule has 3 aliphatic heterocycles. The number of fused-ring (bicyclic) bond motifs is 3. The summed E-state index contributed by atoms with van der Waals surface area (Å²) in [6.07, 6.45) is -0.880. The number of carbonyl (C=O) groups is 5. The van der Waals surface area contributed by atoms with Crippen LogP contribution < -0.4 is 24.4 Å². The molecule has 68 heavy (non-hydrogen) atoms. The van der Waals surface area contributed by atoms with Crippen molar-refractivity contribution in [3.8, 4) is 23.0 Å². The highest BCUT2D eigenvalue weighted by molar-refractivity contribution is 8.01. The van der Waals surface area contributed by atoms with E-state index in [0.29, 0.717) is 22.9 Å². The van der Waals surface area contributed by atoms with Crippen LogP contribution in [0.2, 0.25) is 0 Å². The number of nitrogens with zero attached hydrogens (tertiary/aromatic N) is 2. The van der Waals surface area contributed by atoms with E-state index in [4.69, 9.17) is 23.7 Å². The molecule has 1 fully saturated rings. The van der Waals surface area contributed by atoms with Crippen molar-refractivity contribution in [2.24, 2.45) is 0 Å². The molecule has 0 unspecified atom stereocenters. The molecule has 9 rings (SSSR count). The summed E-state index contributed by atoms with van der Waals surface area (Å²) in [7, 11) is 0. The average Bonchev–Trinajstić information content (AvgIpc) is 3.34. The van der Waals surface area contributed by atoms with Crippen LogP contribution in [0, 0.1) is 0 Å². The molecule has 0 bridgehead atoms. The zero-order valence-corrected chi connectivity index (χ0v) is 38.6. The Morgan fingerprint density at radius 3 is 1.87 bits per heavy atom. The van der Waals surface area contributed by atoms with Gasteiger partial charge in [0.1, 0.15) is 35.6 Å². The van der Waals surface area contributed by atoms with E-state index in [1.807, 2.05) is 115 Å². The number of ether oxygens (including phenoxy) is 5. The maximum Gasteiger partial charge on any atom is 0.419 e. The summed E-state index contributed by atoms with van der Waals surface area (Å²) in [4.78, 5) is 68.5. The number of nitrogens with one attached hydrogen (secondary N) is 1. The zero-order chi connectivity index (χ0) is 47.1. The number of amides is 3.